The monoisotopic (exact) mass is 468 g/mol. The Bertz CT molecular complexity index is 1170. The molecule has 0 aliphatic carbocycles. The second kappa shape index (κ2) is 9.62. The normalized spacial score (nSPS) is 17.6. The van der Waals surface area contributed by atoms with Crippen LogP contribution in [0.15, 0.2) is 52.9 Å². The minimum absolute atomic E-state index is 0.239. The highest BCUT2D eigenvalue weighted by Crippen LogP contribution is 2.25. The average molecular weight is 468 g/mol. The molecule has 0 spiro atoms. The van der Waals surface area contributed by atoms with Gasteiger partial charge < -0.3 is 29.4 Å². The molecule has 2 aromatic carbocycles. The molecule has 1 saturated heterocycles. The Hall–Kier alpha value is -3.76. The summed E-state index contributed by atoms with van der Waals surface area (Å²) in [5.74, 6) is -3.33. The first-order chi connectivity index (χ1) is 16.2. The standard InChI is InChI=1S/C24H24N2O8/c27-20(11-24(32,23(30)31)12-21(28)29)26-10-9-17(13-26)33-14-15-5-7-16(8-6-15)22-25-18-3-1-2-4-19(18)34-22/h1-8,17,32H,9-14H2,(H,28,29)(H,30,31). The van der Waals surface area contributed by atoms with Crippen molar-refractivity contribution in [2.75, 3.05) is 13.1 Å². The zero-order valence-electron chi connectivity index (χ0n) is 18.2. The lowest BCUT2D eigenvalue weighted by atomic mass is 9.95. The summed E-state index contributed by atoms with van der Waals surface area (Å²) in [7, 11) is 0. The molecule has 0 saturated carbocycles. The van der Waals surface area contributed by atoms with E-state index in [-0.39, 0.29) is 12.6 Å². The topological polar surface area (TPSA) is 150 Å². The van der Waals surface area contributed by atoms with Crippen molar-refractivity contribution >= 4 is 28.9 Å². The molecule has 2 atom stereocenters. The Morgan fingerprint density at radius 1 is 1.09 bits per heavy atom. The van der Waals surface area contributed by atoms with E-state index in [4.69, 9.17) is 19.4 Å². The van der Waals surface area contributed by atoms with Crippen molar-refractivity contribution in [1.29, 1.82) is 0 Å². The second-order valence-corrected chi connectivity index (χ2v) is 8.33. The number of amides is 1. The van der Waals surface area contributed by atoms with Crippen LogP contribution in [0.1, 0.15) is 24.8 Å². The highest BCUT2D eigenvalue weighted by atomic mass is 16.5. The van der Waals surface area contributed by atoms with Gasteiger partial charge in [-0.3, -0.25) is 9.59 Å². The smallest absolute Gasteiger partial charge is 0.336 e. The molecule has 2 unspecified atom stereocenters. The lowest BCUT2D eigenvalue weighted by Crippen LogP contribution is -2.46. The zero-order chi connectivity index (χ0) is 24.3. The van der Waals surface area contributed by atoms with Crippen molar-refractivity contribution in [2.45, 2.75) is 37.6 Å². The SMILES string of the molecule is O=C(O)CC(O)(CC(=O)N1CCC(OCc2ccc(-c3nc4ccccc4o3)cc2)C1)C(=O)O. The summed E-state index contributed by atoms with van der Waals surface area (Å²) >= 11 is 0. The third-order valence-electron chi connectivity index (χ3n) is 5.76. The van der Waals surface area contributed by atoms with E-state index in [0.717, 1.165) is 22.2 Å². The number of aromatic nitrogens is 1. The van der Waals surface area contributed by atoms with E-state index >= 15 is 0 Å². The lowest BCUT2D eigenvalue weighted by molar-refractivity contribution is -0.169. The first-order valence-electron chi connectivity index (χ1n) is 10.8. The number of hydrogen-bond acceptors (Lipinski definition) is 7. The summed E-state index contributed by atoms with van der Waals surface area (Å²) in [6.07, 6.45) is -1.56. The molecule has 34 heavy (non-hydrogen) atoms. The lowest BCUT2D eigenvalue weighted by Gasteiger charge is -2.24. The number of nitrogens with zero attached hydrogens (tertiary/aromatic N) is 2. The molecule has 0 radical (unpaired) electrons. The Labute approximate surface area is 194 Å². The average Bonchev–Trinajstić information content (AvgIpc) is 3.44. The fourth-order valence-corrected chi connectivity index (χ4v) is 3.87. The number of fused-ring (bicyclic) bond motifs is 1. The van der Waals surface area contributed by atoms with Gasteiger partial charge >= 0.3 is 11.9 Å². The number of benzene rings is 2. The molecule has 3 N–H and O–H groups in total. The minimum Gasteiger partial charge on any atom is -0.481 e. The van der Waals surface area contributed by atoms with Crippen molar-refractivity contribution in [2.24, 2.45) is 0 Å². The molecular weight excluding hydrogens is 444 g/mol. The van der Waals surface area contributed by atoms with Gasteiger partial charge in [0.15, 0.2) is 11.2 Å². The van der Waals surface area contributed by atoms with Crippen LogP contribution in [0.5, 0.6) is 0 Å². The Morgan fingerprint density at radius 3 is 2.50 bits per heavy atom. The number of oxazole rings is 1. The van der Waals surface area contributed by atoms with E-state index in [0.29, 0.717) is 25.5 Å². The van der Waals surface area contributed by atoms with Crippen LogP contribution in [0.4, 0.5) is 0 Å². The molecule has 1 amide bonds. The molecular formula is C24H24N2O8. The number of ether oxygens (including phenoxy) is 1. The molecule has 10 nitrogen and oxygen atoms in total. The quantitative estimate of drug-likeness (QED) is 0.430. The molecule has 10 heteroatoms. The van der Waals surface area contributed by atoms with Crippen LogP contribution in [-0.4, -0.2) is 67.8 Å². The van der Waals surface area contributed by atoms with Gasteiger partial charge in [-0.25, -0.2) is 9.78 Å². The molecule has 2 heterocycles. The largest absolute Gasteiger partial charge is 0.481 e. The summed E-state index contributed by atoms with van der Waals surface area (Å²) in [5.41, 5.74) is 0.624. The van der Waals surface area contributed by atoms with E-state index < -0.39 is 36.3 Å². The number of carboxylic acid groups (broad SMARTS) is 2. The summed E-state index contributed by atoms with van der Waals surface area (Å²) < 4.78 is 11.7. The molecule has 1 aliphatic heterocycles. The van der Waals surface area contributed by atoms with Crippen LogP contribution in [0.25, 0.3) is 22.6 Å². The highest BCUT2D eigenvalue weighted by molar-refractivity contribution is 5.90. The van der Waals surface area contributed by atoms with E-state index in [2.05, 4.69) is 4.98 Å². The Balaban J connectivity index is 1.29. The summed E-state index contributed by atoms with van der Waals surface area (Å²) in [6.45, 7) is 0.893. The molecule has 1 aliphatic rings. The number of aliphatic carboxylic acids is 2. The Kier molecular flexibility index (Phi) is 6.62. The Morgan fingerprint density at radius 2 is 1.82 bits per heavy atom. The van der Waals surface area contributed by atoms with E-state index in [1.165, 1.54) is 4.90 Å². The van der Waals surface area contributed by atoms with Gasteiger partial charge in [-0.1, -0.05) is 24.3 Å². The minimum atomic E-state index is -2.64. The number of carbonyl (C=O) groups is 3. The molecule has 4 rings (SSSR count). The number of carboxylic acids is 2. The van der Waals surface area contributed by atoms with Gasteiger partial charge in [0.2, 0.25) is 11.8 Å². The van der Waals surface area contributed by atoms with Crippen molar-refractivity contribution in [3.05, 3.63) is 54.1 Å². The second-order valence-electron chi connectivity index (χ2n) is 8.33. The van der Waals surface area contributed by atoms with Gasteiger partial charge in [0.1, 0.15) is 5.52 Å². The maximum atomic E-state index is 12.4. The van der Waals surface area contributed by atoms with Crippen LogP contribution in [0.3, 0.4) is 0 Å². The van der Waals surface area contributed by atoms with Crippen LogP contribution in [0.2, 0.25) is 0 Å². The molecule has 178 valence electrons. The van der Waals surface area contributed by atoms with Gasteiger partial charge in [-0.05, 0) is 36.2 Å². The maximum absolute atomic E-state index is 12.4. The number of para-hydroxylation sites is 2. The predicted octanol–water partition coefficient (Wildman–Crippen LogP) is 2.29. The first kappa shape index (κ1) is 23.4. The number of aliphatic hydroxyl groups is 1. The van der Waals surface area contributed by atoms with Crippen molar-refractivity contribution < 1.29 is 38.9 Å². The fraction of sp³-hybridized carbons (Fsp3) is 0.333. The van der Waals surface area contributed by atoms with Gasteiger partial charge in [-0.15, -0.1) is 0 Å². The van der Waals surface area contributed by atoms with Gasteiger partial charge in [0, 0.05) is 18.7 Å². The molecule has 1 aromatic heterocycles. The van der Waals surface area contributed by atoms with Gasteiger partial charge in [-0.2, -0.15) is 0 Å². The van der Waals surface area contributed by atoms with Gasteiger partial charge in [0.25, 0.3) is 0 Å². The van der Waals surface area contributed by atoms with Crippen LogP contribution < -0.4 is 0 Å². The zero-order valence-corrected chi connectivity index (χ0v) is 18.2. The molecule has 0 bridgehead atoms. The fourth-order valence-electron chi connectivity index (χ4n) is 3.87. The van der Waals surface area contributed by atoms with Crippen molar-refractivity contribution in [3.8, 4) is 11.5 Å². The van der Waals surface area contributed by atoms with Crippen LogP contribution in [0, 0.1) is 0 Å². The van der Waals surface area contributed by atoms with Crippen molar-refractivity contribution in [1.82, 2.24) is 9.88 Å². The van der Waals surface area contributed by atoms with Crippen molar-refractivity contribution in [3.63, 3.8) is 0 Å². The summed E-state index contributed by atoms with van der Waals surface area (Å²) in [6, 6.07) is 15.1. The summed E-state index contributed by atoms with van der Waals surface area (Å²) in [5, 5.41) is 28.1. The van der Waals surface area contributed by atoms with E-state index in [1.54, 1.807) is 0 Å². The predicted molar refractivity (Wildman–Crippen MR) is 119 cm³/mol. The number of rotatable bonds is 9. The molecule has 3 aromatic rings. The first-order valence-corrected chi connectivity index (χ1v) is 10.8. The third kappa shape index (κ3) is 5.24. The molecule has 1 fully saturated rings. The summed E-state index contributed by atoms with van der Waals surface area (Å²) in [4.78, 5) is 40.4. The van der Waals surface area contributed by atoms with E-state index in [1.807, 2.05) is 48.5 Å². The maximum Gasteiger partial charge on any atom is 0.336 e. The number of carbonyl (C=O) groups excluding carboxylic acids is 1. The highest BCUT2D eigenvalue weighted by Gasteiger charge is 2.42. The third-order valence-corrected chi connectivity index (χ3v) is 5.76. The van der Waals surface area contributed by atoms with E-state index in [9.17, 15) is 19.5 Å². The van der Waals surface area contributed by atoms with Crippen LogP contribution >= 0.6 is 0 Å². The number of hydrogen-bond donors (Lipinski definition) is 3. The van der Waals surface area contributed by atoms with Gasteiger partial charge in [0.05, 0.1) is 25.6 Å². The number of likely N-dealkylation sites (tertiary alicyclic amines) is 1. The van der Waals surface area contributed by atoms with Crippen LogP contribution in [-0.2, 0) is 25.7 Å².